The fourth-order valence-electron chi connectivity index (χ4n) is 3.00. The predicted molar refractivity (Wildman–Crippen MR) is 96.7 cm³/mol. The van der Waals surface area contributed by atoms with Gasteiger partial charge in [0.25, 0.3) is 0 Å². The highest BCUT2D eigenvalue weighted by Gasteiger charge is 2.33. The molecule has 0 radical (unpaired) electrons. The molecule has 0 saturated carbocycles. The second-order valence-electron chi connectivity index (χ2n) is 6.24. The summed E-state index contributed by atoms with van der Waals surface area (Å²) in [7, 11) is -3.72. The Balaban J connectivity index is 1.65. The summed E-state index contributed by atoms with van der Waals surface area (Å²) < 4.78 is 45.4. The number of aromatic nitrogens is 1. The molecule has 1 aromatic heterocycles. The minimum Gasteiger partial charge on any atom is -0.360 e. The van der Waals surface area contributed by atoms with Crippen LogP contribution in [0.3, 0.4) is 0 Å². The lowest BCUT2D eigenvalue weighted by atomic mass is 10.2. The first kappa shape index (κ1) is 19.2. The minimum absolute atomic E-state index is 0.0849. The number of halogens is 1. The van der Waals surface area contributed by atoms with Gasteiger partial charge in [0, 0.05) is 37.8 Å². The van der Waals surface area contributed by atoms with Crippen molar-refractivity contribution < 1.29 is 22.1 Å². The SMILES string of the molecule is Cc1noc(C)c1S(=O)(=O)N1CCN(C(=O)/C=C/c2ccccc2F)CC1. The number of benzene rings is 1. The van der Waals surface area contributed by atoms with E-state index >= 15 is 0 Å². The number of carbonyl (C=O) groups excluding carboxylic acids is 1. The summed E-state index contributed by atoms with van der Waals surface area (Å²) in [6, 6.07) is 6.16. The highest BCUT2D eigenvalue weighted by atomic mass is 32.2. The van der Waals surface area contributed by atoms with Gasteiger partial charge in [0.1, 0.15) is 16.4 Å². The van der Waals surface area contributed by atoms with E-state index in [9.17, 15) is 17.6 Å². The second-order valence-corrected chi connectivity index (χ2v) is 8.11. The van der Waals surface area contributed by atoms with Gasteiger partial charge in [-0.2, -0.15) is 4.31 Å². The molecule has 1 saturated heterocycles. The van der Waals surface area contributed by atoms with Crippen LogP contribution in [0.25, 0.3) is 6.08 Å². The number of hydrogen-bond acceptors (Lipinski definition) is 5. The van der Waals surface area contributed by atoms with E-state index in [2.05, 4.69) is 5.16 Å². The van der Waals surface area contributed by atoms with Crippen LogP contribution < -0.4 is 0 Å². The minimum atomic E-state index is -3.72. The summed E-state index contributed by atoms with van der Waals surface area (Å²) in [4.78, 5) is 13.9. The molecular formula is C18H20FN3O4S. The van der Waals surface area contributed by atoms with E-state index in [4.69, 9.17) is 4.52 Å². The van der Waals surface area contributed by atoms with E-state index in [0.29, 0.717) is 11.3 Å². The van der Waals surface area contributed by atoms with Crippen molar-refractivity contribution in [2.45, 2.75) is 18.7 Å². The molecule has 1 aromatic carbocycles. The van der Waals surface area contributed by atoms with Gasteiger partial charge in [0.05, 0.1) is 0 Å². The van der Waals surface area contributed by atoms with Crippen LogP contribution in [-0.2, 0) is 14.8 Å². The fraction of sp³-hybridized carbons (Fsp3) is 0.333. The lowest BCUT2D eigenvalue weighted by Crippen LogP contribution is -2.50. The second kappa shape index (κ2) is 7.61. The third-order valence-corrected chi connectivity index (χ3v) is 6.57. The molecule has 1 amide bonds. The number of nitrogens with zero attached hydrogens (tertiary/aromatic N) is 3. The van der Waals surface area contributed by atoms with Gasteiger partial charge >= 0.3 is 0 Å². The molecule has 144 valence electrons. The zero-order valence-corrected chi connectivity index (χ0v) is 15.9. The Kier molecular flexibility index (Phi) is 5.43. The number of piperazine rings is 1. The monoisotopic (exact) mass is 393 g/mol. The Hall–Kier alpha value is -2.52. The molecular weight excluding hydrogens is 373 g/mol. The maximum atomic E-state index is 13.6. The van der Waals surface area contributed by atoms with Gasteiger partial charge in [-0.3, -0.25) is 4.79 Å². The first-order valence-electron chi connectivity index (χ1n) is 8.45. The van der Waals surface area contributed by atoms with E-state index in [0.717, 1.165) is 0 Å². The highest BCUT2D eigenvalue weighted by Crippen LogP contribution is 2.24. The molecule has 27 heavy (non-hydrogen) atoms. The molecule has 0 spiro atoms. The van der Waals surface area contributed by atoms with Crippen molar-refractivity contribution in [1.29, 1.82) is 0 Å². The predicted octanol–water partition coefficient (Wildman–Crippen LogP) is 1.98. The van der Waals surface area contributed by atoms with Crippen LogP contribution in [0.1, 0.15) is 17.0 Å². The van der Waals surface area contributed by atoms with E-state index in [1.165, 1.54) is 27.4 Å². The normalized spacial score (nSPS) is 16.2. The highest BCUT2D eigenvalue weighted by molar-refractivity contribution is 7.89. The Morgan fingerprint density at radius 1 is 1.19 bits per heavy atom. The molecule has 2 aromatic rings. The fourth-order valence-corrected chi connectivity index (χ4v) is 4.71. The summed E-state index contributed by atoms with van der Waals surface area (Å²) >= 11 is 0. The Labute approximate surface area is 157 Å². The average Bonchev–Trinajstić information content (AvgIpc) is 3.00. The Bertz CT molecular complexity index is 957. The first-order chi connectivity index (χ1) is 12.8. The smallest absolute Gasteiger partial charge is 0.248 e. The average molecular weight is 393 g/mol. The van der Waals surface area contributed by atoms with Gasteiger partial charge < -0.3 is 9.42 Å². The number of aryl methyl sites for hydroxylation is 2. The lowest BCUT2D eigenvalue weighted by Gasteiger charge is -2.33. The maximum absolute atomic E-state index is 13.6. The molecule has 2 heterocycles. The van der Waals surface area contributed by atoms with Crippen LogP contribution >= 0.6 is 0 Å². The molecule has 7 nitrogen and oxygen atoms in total. The molecule has 1 aliphatic heterocycles. The van der Waals surface area contributed by atoms with Gasteiger partial charge in [-0.15, -0.1) is 0 Å². The van der Waals surface area contributed by atoms with Crippen molar-refractivity contribution in [2.75, 3.05) is 26.2 Å². The number of rotatable bonds is 4. The van der Waals surface area contributed by atoms with E-state index in [1.807, 2.05) is 0 Å². The number of carbonyl (C=O) groups is 1. The van der Waals surface area contributed by atoms with E-state index in [1.54, 1.807) is 32.0 Å². The van der Waals surface area contributed by atoms with Gasteiger partial charge in [-0.1, -0.05) is 23.4 Å². The van der Waals surface area contributed by atoms with E-state index < -0.39 is 15.8 Å². The van der Waals surface area contributed by atoms with Crippen LogP contribution in [0.15, 0.2) is 39.8 Å². The number of hydrogen-bond donors (Lipinski definition) is 0. The molecule has 1 aliphatic rings. The van der Waals surface area contributed by atoms with Gasteiger partial charge in [-0.25, -0.2) is 12.8 Å². The zero-order valence-electron chi connectivity index (χ0n) is 15.1. The molecule has 0 bridgehead atoms. The zero-order chi connectivity index (χ0) is 19.6. The molecule has 0 aliphatic carbocycles. The van der Waals surface area contributed by atoms with Crippen LogP contribution in [0.4, 0.5) is 4.39 Å². The summed E-state index contributed by atoms with van der Waals surface area (Å²) in [6.07, 6.45) is 2.72. The number of sulfonamides is 1. The quantitative estimate of drug-likeness (QED) is 0.742. The van der Waals surface area contributed by atoms with Crippen molar-refractivity contribution in [3.8, 4) is 0 Å². The summed E-state index contributed by atoms with van der Waals surface area (Å²) in [6.45, 7) is 3.99. The lowest BCUT2D eigenvalue weighted by molar-refractivity contribution is -0.127. The Morgan fingerprint density at radius 3 is 2.44 bits per heavy atom. The van der Waals surface area contributed by atoms with Crippen LogP contribution in [-0.4, -0.2) is 54.9 Å². The molecule has 0 atom stereocenters. The van der Waals surface area contributed by atoms with Crippen molar-refractivity contribution in [2.24, 2.45) is 0 Å². The Morgan fingerprint density at radius 2 is 1.85 bits per heavy atom. The summed E-state index contributed by atoms with van der Waals surface area (Å²) in [5.74, 6) is -0.441. The van der Waals surface area contributed by atoms with Crippen molar-refractivity contribution in [3.63, 3.8) is 0 Å². The van der Waals surface area contributed by atoms with Gasteiger partial charge in [-0.05, 0) is 26.0 Å². The third-order valence-electron chi connectivity index (χ3n) is 4.43. The molecule has 0 unspecified atom stereocenters. The van der Waals surface area contributed by atoms with Gasteiger partial charge in [0.2, 0.25) is 15.9 Å². The van der Waals surface area contributed by atoms with E-state index in [-0.39, 0.29) is 42.7 Å². The number of amides is 1. The topological polar surface area (TPSA) is 83.7 Å². The van der Waals surface area contributed by atoms with Crippen molar-refractivity contribution in [3.05, 3.63) is 53.2 Å². The summed E-state index contributed by atoms with van der Waals surface area (Å²) in [5, 5.41) is 3.70. The first-order valence-corrected chi connectivity index (χ1v) is 9.89. The van der Waals surface area contributed by atoms with Crippen molar-refractivity contribution in [1.82, 2.24) is 14.4 Å². The maximum Gasteiger partial charge on any atom is 0.248 e. The summed E-state index contributed by atoms with van der Waals surface area (Å²) in [5.41, 5.74) is 0.643. The van der Waals surface area contributed by atoms with Crippen molar-refractivity contribution >= 4 is 22.0 Å². The van der Waals surface area contributed by atoms with Crippen LogP contribution in [0.2, 0.25) is 0 Å². The van der Waals surface area contributed by atoms with Crippen LogP contribution in [0, 0.1) is 19.7 Å². The third kappa shape index (κ3) is 3.93. The van der Waals surface area contributed by atoms with Crippen LogP contribution in [0.5, 0.6) is 0 Å². The molecule has 1 fully saturated rings. The molecule has 0 N–H and O–H groups in total. The standard InChI is InChI=1S/C18H20FN3O4S/c1-13-18(14(2)26-20-13)27(24,25)22-11-9-21(10-12-22)17(23)8-7-15-5-3-4-6-16(15)19/h3-8H,9-12H2,1-2H3/b8-7+. The molecule has 3 rings (SSSR count). The molecule has 9 heteroatoms. The van der Waals surface area contributed by atoms with Gasteiger partial charge in [0.15, 0.2) is 5.76 Å². The largest absolute Gasteiger partial charge is 0.360 e.